The minimum Gasteiger partial charge on any atom is -0.394 e. The topological polar surface area (TPSA) is 48.4 Å². The second kappa shape index (κ2) is 9.06. The van der Waals surface area contributed by atoms with Crippen LogP contribution < -0.4 is 5.32 Å². The van der Waals surface area contributed by atoms with Gasteiger partial charge in [-0.25, -0.2) is 0 Å². The lowest BCUT2D eigenvalue weighted by Crippen LogP contribution is -2.28. The van der Waals surface area contributed by atoms with Gasteiger partial charge < -0.3 is 15.3 Å². The average Bonchev–Trinajstić information content (AvgIpc) is 2.57. The lowest BCUT2D eigenvalue weighted by Gasteiger charge is -2.22. The number of fused-ring (bicyclic) bond motifs is 1. The van der Waals surface area contributed by atoms with Gasteiger partial charge in [-0.05, 0) is 56.7 Å². The van der Waals surface area contributed by atoms with Crippen LogP contribution in [0.25, 0.3) is 10.9 Å². The van der Waals surface area contributed by atoms with Crippen molar-refractivity contribution in [3.05, 3.63) is 35.5 Å². The summed E-state index contributed by atoms with van der Waals surface area (Å²) < 4.78 is 0. The first kappa shape index (κ1) is 18.0. The highest BCUT2D eigenvalue weighted by Crippen LogP contribution is 2.25. The molecule has 126 valence electrons. The van der Waals surface area contributed by atoms with Gasteiger partial charge in [0, 0.05) is 28.3 Å². The van der Waals surface area contributed by atoms with Crippen LogP contribution in [0.3, 0.4) is 0 Å². The standard InChI is InChI=1S/C18H26ClN3O/c1-3-22(4-2)11-5-6-15(13-23)21-17-9-10-20-18-12-14(19)7-8-16(17)18/h7-10,12,15,23H,3-6,11,13H2,1-2H3,(H,20,21). The molecule has 23 heavy (non-hydrogen) atoms. The van der Waals surface area contributed by atoms with E-state index in [0.29, 0.717) is 5.02 Å². The van der Waals surface area contributed by atoms with E-state index in [-0.39, 0.29) is 12.6 Å². The Hall–Kier alpha value is -1.36. The first-order valence-corrected chi connectivity index (χ1v) is 8.69. The maximum absolute atomic E-state index is 9.67. The second-order valence-electron chi connectivity index (χ2n) is 5.71. The molecule has 0 aliphatic rings. The molecule has 0 saturated heterocycles. The number of aliphatic hydroxyl groups is 1. The lowest BCUT2D eigenvalue weighted by atomic mass is 10.1. The van der Waals surface area contributed by atoms with E-state index in [4.69, 9.17) is 11.6 Å². The molecule has 5 heteroatoms. The van der Waals surface area contributed by atoms with Crippen LogP contribution in [0, 0.1) is 0 Å². The number of aromatic nitrogens is 1. The van der Waals surface area contributed by atoms with Gasteiger partial charge in [0.2, 0.25) is 0 Å². The zero-order valence-corrected chi connectivity index (χ0v) is 14.7. The Morgan fingerprint density at radius 1 is 1.26 bits per heavy atom. The number of rotatable bonds is 9. The van der Waals surface area contributed by atoms with Crippen molar-refractivity contribution in [2.24, 2.45) is 0 Å². The molecule has 0 bridgehead atoms. The van der Waals surface area contributed by atoms with Crippen LogP contribution in [0.2, 0.25) is 5.02 Å². The maximum Gasteiger partial charge on any atom is 0.0737 e. The van der Waals surface area contributed by atoms with E-state index in [1.54, 1.807) is 6.20 Å². The van der Waals surface area contributed by atoms with Gasteiger partial charge >= 0.3 is 0 Å². The van der Waals surface area contributed by atoms with Crippen molar-refractivity contribution in [3.8, 4) is 0 Å². The number of hydrogen-bond acceptors (Lipinski definition) is 4. The summed E-state index contributed by atoms with van der Waals surface area (Å²) in [7, 11) is 0. The quantitative estimate of drug-likeness (QED) is 0.732. The Morgan fingerprint density at radius 2 is 2.04 bits per heavy atom. The van der Waals surface area contributed by atoms with Crippen molar-refractivity contribution in [2.75, 3.05) is 31.6 Å². The molecule has 0 amide bonds. The van der Waals surface area contributed by atoms with Gasteiger partial charge in [-0.3, -0.25) is 4.98 Å². The highest BCUT2D eigenvalue weighted by atomic mass is 35.5. The van der Waals surface area contributed by atoms with Gasteiger partial charge in [-0.15, -0.1) is 0 Å². The number of pyridine rings is 1. The summed E-state index contributed by atoms with van der Waals surface area (Å²) >= 11 is 6.02. The fourth-order valence-corrected chi connectivity index (χ4v) is 2.94. The van der Waals surface area contributed by atoms with Crippen LogP contribution >= 0.6 is 11.6 Å². The summed E-state index contributed by atoms with van der Waals surface area (Å²) in [6, 6.07) is 7.69. The molecule has 1 aromatic carbocycles. The molecule has 1 aromatic heterocycles. The van der Waals surface area contributed by atoms with E-state index in [1.807, 2.05) is 24.3 Å². The van der Waals surface area contributed by atoms with E-state index in [2.05, 4.69) is 29.0 Å². The largest absolute Gasteiger partial charge is 0.394 e. The molecule has 2 N–H and O–H groups in total. The van der Waals surface area contributed by atoms with Crippen LogP contribution in [0.1, 0.15) is 26.7 Å². The fraction of sp³-hybridized carbons (Fsp3) is 0.500. The highest BCUT2D eigenvalue weighted by Gasteiger charge is 2.10. The molecule has 0 fully saturated rings. The minimum atomic E-state index is 0.0480. The summed E-state index contributed by atoms with van der Waals surface area (Å²) in [6.45, 7) is 7.69. The van der Waals surface area contributed by atoms with Crippen LogP contribution in [0.15, 0.2) is 30.5 Å². The first-order chi connectivity index (χ1) is 11.2. The molecule has 1 atom stereocenters. The number of nitrogens with zero attached hydrogens (tertiary/aromatic N) is 2. The van der Waals surface area contributed by atoms with Gasteiger partial charge in [-0.1, -0.05) is 25.4 Å². The molecule has 0 aliphatic heterocycles. The van der Waals surface area contributed by atoms with E-state index in [1.165, 1.54) is 0 Å². The van der Waals surface area contributed by atoms with Crippen LogP contribution in [0.5, 0.6) is 0 Å². The molecule has 2 rings (SSSR count). The van der Waals surface area contributed by atoms with Crippen LogP contribution in [-0.2, 0) is 0 Å². The summed E-state index contributed by atoms with van der Waals surface area (Å²) in [5, 5.41) is 14.8. The monoisotopic (exact) mass is 335 g/mol. The third kappa shape index (κ3) is 5.06. The number of nitrogens with one attached hydrogen (secondary N) is 1. The Balaban J connectivity index is 2.01. The van der Waals surface area contributed by atoms with Gasteiger partial charge in [-0.2, -0.15) is 0 Å². The Kier molecular flexibility index (Phi) is 7.09. The third-order valence-electron chi connectivity index (χ3n) is 4.21. The van der Waals surface area contributed by atoms with Crippen molar-refractivity contribution in [3.63, 3.8) is 0 Å². The van der Waals surface area contributed by atoms with Crippen molar-refractivity contribution < 1.29 is 5.11 Å². The smallest absolute Gasteiger partial charge is 0.0737 e. The third-order valence-corrected chi connectivity index (χ3v) is 4.44. The van der Waals surface area contributed by atoms with Crippen LogP contribution in [0.4, 0.5) is 5.69 Å². The van der Waals surface area contributed by atoms with E-state index in [0.717, 1.165) is 49.1 Å². The van der Waals surface area contributed by atoms with E-state index in [9.17, 15) is 5.11 Å². The first-order valence-electron chi connectivity index (χ1n) is 8.32. The van der Waals surface area contributed by atoms with Crippen molar-refractivity contribution in [1.82, 2.24) is 9.88 Å². The second-order valence-corrected chi connectivity index (χ2v) is 6.15. The van der Waals surface area contributed by atoms with Crippen LogP contribution in [-0.4, -0.2) is 47.3 Å². The zero-order valence-electron chi connectivity index (χ0n) is 13.9. The number of anilines is 1. The molecule has 0 saturated carbocycles. The summed E-state index contributed by atoms with van der Waals surface area (Å²) in [4.78, 5) is 6.75. The predicted molar refractivity (Wildman–Crippen MR) is 98.3 cm³/mol. The fourth-order valence-electron chi connectivity index (χ4n) is 2.78. The van der Waals surface area contributed by atoms with Crippen molar-refractivity contribution >= 4 is 28.2 Å². The summed E-state index contributed by atoms with van der Waals surface area (Å²) in [5.41, 5.74) is 1.86. The summed E-state index contributed by atoms with van der Waals surface area (Å²) in [5.74, 6) is 0. The van der Waals surface area contributed by atoms with Gasteiger partial charge in [0.15, 0.2) is 0 Å². The molecular weight excluding hydrogens is 310 g/mol. The Bertz CT molecular complexity index is 616. The van der Waals surface area contributed by atoms with E-state index < -0.39 is 0 Å². The molecule has 4 nitrogen and oxygen atoms in total. The van der Waals surface area contributed by atoms with Gasteiger partial charge in [0.1, 0.15) is 0 Å². The number of aliphatic hydroxyl groups excluding tert-OH is 1. The zero-order chi connectivity index (χ0) is 16.7. The lowest BCUT2D eigenvalue weighted by molar-refractivity contribution is 0.253. The normalized spacial score (nSPS) is 12.7. The molecular formula is C18H26ClN3O. The predicted octanol–water partition coefficient (Wildman–Crippen LogP) is 3.78. The summed E-state index contributed by atoms with van der Waals surface area (Å²) in [6.07, 6.45) is 3.77. The maximum atomic E-state index is 9.67. The average molecular weight is 336 g/mol. The van der Waals surface area contributed by atoms with E-state index >= 15 is 0 Å². The minimum absolute atomic E-state index is 0.0480. The molecule has 0 aliphatic carbocycles. The number of hydrogen-bond donors (Lipinski definition) is 2. The molecule has 0 radical (unpaired) electrons. The number of halogens is 1. The molecule has 0 spiro atoms. The Morgan fingerprint density at radius 3 is 2.74 bits per heavy atom. The molecule has 1 unspecified atom stereocenters. The Labute approximate surface area is 143 Å². The molecule has 2 aromatic rings. The van der Waals surface area contributed by atoms with Gasteiger partial charge in [0.25, 0.3) is 0 Å². The highest BCUT2D eigenvalue weighted by molar-refractivity contribution is 6.31. The van der Waals surface area contributed by atoms with Crippen molar-refractivity contribution in [2.45, 2.75) is 32.7 Å². The number of benzene rings is 1. The molecule has 1 heterocycles. The van der Waals surface area contributed by atoms with Gasteiger partial charge in [0.05, 0.1) is 12.1 Å². The SMILES string of the molecule is CCN(CC)CCCC(CO)Nc1ccnc2cc(Cl)ccc12. The van der Waals surface area contributed by atoms with Crippen molar-refractivity contribution in [1.29, 1.82) is 0 Å².